The first-order valence-corrected chi connectivity index (χ1v) is 16.6. The van der Waals surface area contributed by atoms with Crippen molar-refractivity contribution in [2.45, 2.75) is 146 Å². The normalized spacial score (nSPS) is 18.3. The highest BCUT2D eigenvalue weighted by atomic mass is 14.2. The largest absolute Gasteiger partial charge is 0.0956 e. The molecular formula is C41H62. The minimum absolute atomic E-state index is 0.555. The Bertz CT molecular complexity index is 1180. The maximum atomic E-state index is 4.27. The molecule has 0 spiro atoms. The summed E-state index contributed by atoms with van der Waals surface area (Å²) in [6.45, 7) is 29.9. The molecule has 1 aromatic carbocycles. The van der Waals surface area contributed by atoms with Gasteiger partial charge < -0.3 is 0 Å². The Hall–Kier alpha value is -2.34. The number of aryl methyl sites for hydroxylation is 2. The van der Waals surface area contributed by atoms with Crippen LogP contribution in [0.4, 0.5) is 0 Å². The topological polar surface area (TPSA) is 0 Å². The zero-order valence-electron chi connectivity index (χ0n) is 28.8. The Balaban J connectivity index is 2.20. The molecule has 0 N–H and O–H groups in total. The molecule has 0 heterocycles. The molecule has 0 aliphatic heterocycles. The van der Waals surface area contributed by atoms with E-state index in [1.165, 1.54) is 64.7 Å². The van der Waals surface area contributed by atoms with E-state index in [9.17, 15) is 0 Å². The van der Waals surface area contributed by atoms with Crippen LogP contribution in [0.3, 0.4) is 0 Å². The van der Waals surface area contributed by atoms with Gasteiger partial charge in [0.15, 0.2) is 0 Å². The summed E-state index contributed by atoms with van der Waals surface area (Å²) in [4.78, 5) is 0. The highest BCUT2D eigenvalue weighted by Gasteiger charge is 2.19. The lowest BCUT2D eigenvalue weighted by molar-refractivity contribution is 0.630. The monoisotopic (exact) mass is 554 g/mol. The van der Waals surface area contributed by atoms with E-state index >= 15 is 0 Å². The summed E-state index contributed by atoms with van der Waals surface area (Å²) in [5.74, 6) is 1.76. The van der Waals surface area contributed by atoms with Crippen molar-refractivity contribution < 1.29 is 0 Å². The van der Waals surface area contributed by atoms with Crippen molar-refractivity contribution in [2.24, 2.45) is 5.92 Å². The van der Waals surface area contributed by atoms with E-state index in [0.29, 0.717) is 17.8 Å². The van der Waals surface area contributed by atoms with E-state index in [-0.39, 0.29) is 0 Å². The van der Waals surface area contributed by atoms with Crippen LogP contribution in [0, 0.1) is 19.8 Å². The molecule has 0 amide bonds. The number of hydrogen-bond donors (Lipinski definition) is 0. The number of benzene rings is 1. The molecule has 0 aromatic heterocycles. The molecule has 3 atom stereocenters. The molecule has 0 radical (unpaired) electrons. The van der Waals surface area contributed by atoms with E-state index in [0.717, 1.165) is 32.1 Å². The van der Waals surface area contributed by atoms with E-state index in [4.69, 9.17) is 0 Å². The van der Waals surface area contributed by atoms with Crippen molar-refractivity contribution in [1.82, 2.24) is 0 Å². The van der Waals surface area contributed by atoms with Crippen LogP contribution in [0.5, 0.6) is 0 Å². The minimum atomic E-state index is 0.555. The fourth-order valence-electron chi connectivity index (χ4n) is 6.51. The van der Waals surface area contributed by atoms with Crippen LogP contribution in [0.25, 0.3) is 0 Å². The first-order chi connectivity index (χ1) is 19.4. The van der Waals surface area contributed by atoms with Crippen LogP contribution in [-0.2, 0) is 0 Å². The molecule has 1 aromatic rings. The summed E-state index contributed by atoms with van der Waals surface area (Å²) >= 11 is 0. The summed E-state index contributed by atoms with van der Waals surface area (Å²) in [6, 6.07) is 4.67. The maximum absolute atomic E-state index is 4.27. The summed E-state index contributed by atoms with van der Waals surface area (Å²) in [7, 11) is 0. The number of allylic oxidation sites excluding steroid dienone is 11. The van der Waals surface area contributed by atoms with Gasteiger partial charge >= 0.3 is 0 Å². The second kappa shape index (κ2) is 16.9. The third-order valence-corrected chi connectivity index (χ3v) is 9.76. The standard InChI is InChI=1S/C41H62/c1-13-29(5)38(26-24-35(11)41-34(10)22-21-33(9)40(41)30(6)14-2)27-36(12)39(28(3)4)20-16-19-37-18-15-17-31(7)32(8)23-25-37/h18,21-23,25,27,30-31,35H,8,13-17,19-20,24,26H2,1-7,9-12H3. The molecule has 0 saturated heterocycles. The van der Waals surface area contributed by atoms with Crippen molar-refractivity contribution in [3.8, 4) is 0 Å². The molecule has 41 heavy (non-hydrogen) atoms. The smallest absolute Gasteiger partial charge is 0.0182 e. The van der Waals surface area contributed by atoms with Crippen LogP contribution in [0.2, 0.25) is 0 Å². The lowest BCUT2D eigenvalue weighted by Crippen LogP contribution is -2.08. The van der Waals surface area contributed by atoms with Gasteiger partial charge in [-0.2, -0.15) is 0 Å². The van der Waals surface area contributed by atoms with Gasteiger partial charge in [-0.3, -0.25) is 0 Å². The summed E-state index contributed by atoms with van der Waals surface area (Å²) in [5, 5.41) is 0. The quantitative estimate of drug-likeness (QED) is 0.213. The van der Waals surface area contributed by atoms with Gasteiger partial charge in [0.05, 0.1) is 0 Å². The lowest BCUT2D eigenvalue weighted by Gasteiger charge is -2.25. The van der Waals surface area contributed by atoms with E-state index in [1.807, 2.05) is 0 Å². The molecule has 1 aliphatic rings. The Labute approximate surface area is 255 Å². The number of rotatable bonds is 13. The highest BCUT2D eigenvalue weighted by Crippen LogP contribution is 2.37. The Morgan fingerprint density at radius 2 is 1.59 bits per heavy atom. The van der Waals surface area contributed by atoms with Crippen LogP contribution >= 0.6 is 0 Å². The minimum Gasteiger partial charge on any atom is -0.0956 e. The molecule has 1 aliphatic carbocycles. The van der Waals surface area contributed by atoms with E-state index in [1.54, 1.807) is 22.3 Å². The third-order valence-electron chi connectivity index (χ3n) is 9.76. The van der Waals surface area contributed by atoms with E-state index in [2.05, 4.69) is 119 Å². The fourth-order valence-corrected chi connectivity index (χ4v) is 6.51. The zero-order chi connectivity index (χ0) is 30.7. The molecule has 0 saturated carbocycles. The third kappa shape index (κ3) is 10.2. The Kier molecular flexibility index (Phi) is 14.4. The second-order valence-corrected chi connectivity index (χ2v) is 13.3. The van der Waals surface area contributed by atoms with Gasteiger partial charge in [-0.15, -0.1) is 0 Å². The van der Waals surface area contributed by atoms with Crippen LogP contribution in [-0.4, -0.2) is 0 Å². The van der Waals surface area contributed by atoms with Gasteiger partial charge in [-0.1, -0.05) is 99.9 Å². The van der Waals surface area contributed by atoms with Gasteiger partial charge in [-0.25, -0.2) is 0 Å². The van der Waals surface area contributed by atoms with Crippen molar-refractivity contribution in [3.05, 3.63) is 104 Å². The SMILES string of the molecule is C=C1C=CC(CCCC(C(C)=CC(CCC(C)c2c(C)ccc(C)c2C(C)CC)=C(C)CC)=C(C)C)=CCCC1C. The number of hydrogen-bond acceptors (Lipinski definition) is 0. The molecule has 0 nitrogen and oxygen atoms in total. The average Bonchev–Trinajstić information content (AvgIpc) is 2.94. The maximum Gasteiger partial charge on any atom is -0.0182 e. The van der Waals surface area contributed by atoms with Crippen molar-refractivity contribution in [3.63, 3.8) is 0 Å². The highest BCUT2D eigenvalue weighted by molar-refractivity contribution is 5.45. The average molecular weight is 555 g/mol. The summed E-state index contributed by atoms with van der Waals surface area (Å²) < 4.78 is 0. The van der Waals surface area contributed by atoms with Gasteiger partial charge in [0.2, 0.25) is 0 Å². The Morgan fingerprint density at radius 3 is 2.17 bits per heavy atom. The van der Waals surface area contributed by atoms with Gasteiger partial charge in [0.1, 0.15) is 0 Å². The first-order valence-electron chi connectivity index (χ1n) is 16.6. The van der Waals surface area contributed by atoms with Crippen molar-refractivity contribution in [2.75, 3.05) is 0 Å². The zero-order valence-corrected chi connectivity index (χ0v) is 28.8. The van der Waals surface area contributed by atoms with Gasteiger partial charge in [0, 0.05) is 0 Å². The van der Waals surface area contributed by atoms with Gasteiger partial charge in [-0.05, 0) is 156 Å². The fraction of sp³-hybridized carbons (Fsp3) is 0.561. The molecule has 0 bridgehead atoms. The molecular weight excluding hydrogens is 492 g/mol. The van der Waals surface area contributed by atoms with Gasteiger partial charge in [0.25, 0.3) is 0 Å². The van der Waals surface area contributed by atoms with Crippen LogP contribution < -0.4 is 0 Å². The molecule has 2 rings (SSSR count). The predicted octanol–water partition coefficient (Wildman–Crippen LogP) is 13.3. The molecule has 0 heteroatoms. The van der Waals surface area contributed by atoms with Crippen LogP contribution in [0.1, 0.15) is 154 Å². The molecule has 3 unspecified atom stereocenters. The van der Waals surface area contributed by atoms with Crippen LogP contribution in [0.15, 0.2) is 82.0 Å². The summed E-state index contributed by atoms with van der Waals surface area (Å²) in [6.07, 6.45) is 20.1. The predicted molar refractivity (Wildman–Crippen MR) is 186 cm³/mol. The second-order valence-electron chi connectivity index (χ2n) is 13.3. The van der Waals surface area contributed by atoms with Crippen molar-refractivity contribution in [1.29, 1.82) is 0 Å². The Morgan fingerprint density at radius 1 is 0.951 bits per heavy atom. The lowest BCUT2D eigenvalue weighted by atomic mass is 9.80. The van der Waals surface area contributed by atoms with E-state index < -0.39 is 0 Å². The van der Waals surface area contributed by atoms with Crippen molar-refractivity contribution >= 4 is 0 Å². The molecule has 226 valence electrons. The summed E-state index contributed by atoms with van der Waals surface area (Å²) in [5.41, 5.74) is 16.4. The molecule has 0 fully saturated rings. The first kappa shape index (κ1) is 34.9.